The van der Waals surface area contributed by atoms with Gasteiger partial charge in [-0.1, -0.05) is 55.5 Å². The highest BCUT2D eigenvalue weighted by atomic mass is 19.1. The fourth-order valence-electron chi connectivity index (χ4n) is 2.32. The standard InChI is InChI=1S/C18H22FNO/c1-2-17(21)14-20(12-15-8-4-3-5-9-15)13-16-10-6-7-11-18(16)19/h3-11,17,21H,2,12-14H2,1H3. The molecule has 1 atom stereocenters. The van der Waals surface area contributed by atoms with Crippen LogP contribution in [-0.4, -0.2) is 22.7 Å². The molecule has 1 unspecified atom stereocenters. The van der Waals surface area contributed by atoms with E-state index in [-0.39, 0.29) is 11.9 Å². The van der Waals surface area contributed by atoms with E-state index in [1.807, 2.05) is 43.3 Å². The van der Waals surface area contributed by atoms with Gasteiger partial charge in [-0.15, -0.1) is 0 Å². The van der Waals surface area contributed by atoms with Crippen LogP contribution in [0.2, 0.25) is 0 Å². The molecule has 0 heterocycles. The number of hydrogen-bond donors (Lipinski definition) is 1. The van der Waals surface area contributed by atoms with Crippen LogP contribution in [0.4, 0.5) is 4.39 Å². The van der Waals surface area contributed by atoms with Gasteiger partial charge in [-0.25, -0.2) is 4.39 Å². The second-order valence-corrected chi connectivity index (χ2v) is 5.31. The molecule has 3 heteroatoms. The molecule has 0 aliphatic carbocycles. The Morgan fingerprint density at radius 2 is 1.67 bits per heavy atom. The number of benzene rings is 2. The van der Waals surface area contributed by atoms with Crippen molar-refractivity contribution in [2.45, 2.75) is 32.5 Å². The van der Waals surface area contributed by atoms with E-state index >= 15 is 0 Å². The van der Waals surface area contributed by atoms with Gasteiger partial charge in [-0.05, 0) is 18.1 Å². The highest BCUT2D eigenvalue weighted by molar-refractivity contribution is 5.18. The average molecular weight is 287 g/mol. The predicted molar refractivity (Wildman–Crippen MR) is 83.3 cm³/mol. The van der Waals surface area contributed by atoms with Crippen LogP contribution in [0, 0.1) is 5.82 Å². The zero-order chi connectivity index (χ0) is 15.1. The first-order valence-corrected chi connectivity index (χ1v) is 7.36. The molecule has 0 spiro atoms. The van der Waals surface area contributed by atoms with Gasteiger partial charge < -0.3 is 5.11 Å². The van der Waals surface area contributed by atoms with Crippen LogP contribution >= 0.6 is 0 Å². The lowest BCUT2D eigenvalue weighted by atomic mass is 10.1. The molecule has 2 nitrogen and oxygen atoms in total. The van der Waals surface area contributed by atoms with Crippen LogP contribution in [0.3, 0.4) is 0 Å². The van der Waals surface area contributed by atoms with Gasteiger partial charge in [0.05, 0.1) is 6.10 Å². The fraction of sp³-hybridized carbons (Fsp3) is 0.333. The van der Waals surface area contributed by atoms with Gasteiger partial charge in [0.2, 0.25) is 0 Å². The third kappa shape index (κ3) is 4.96. The molecule has 21 heavy (non-hydrogen) atoms. The third-order valence-corrected chi connectivity index (χ3v) is 3.54. The summed E-state index contributed by atoms with van der Waals surface area (Å²) in [5.41, 5.74) is 1.83. The topological polar surface area (TPSA) is 23.5 Å². The summed E-state index contributed by atoms with van der Waals surface area (Å²) >= 11 is 0. The molecule has 0 saturated heterocycles. The number of halogens is 1. The van der Waals surface area contributed by atoms with Gasteiger partial charge in [-0.2, -0.15) is 0 Å². The lowest BCUT2D eigenvalue weighted by Gasteiger charge is -2.25. The molecule has 0 fully saturated rings. The van der Waals surface area contributed by atoms with Crippen molar-refractivity contribution in [2.75, 3.05) is 6.54 Å². The highest BCUT2D eigenvalue weighted by Gasteiger charge is 2.13. The van der Waals surface area contributed by atoms with Crippen molar-refractivity contribution < 1.29 is 9.50 Å². The Hall–Kier alpha value is -1.71. The number of rotatable bonds is 7. The first-order chi connectivity index (χ1) is 10.2. The van der Waals surface area contributed by atoms with Crippen LogP contribution in [0.15, 0.2) is 54.6 Å². The number of hydrogen-bond acceptors (Lipinski definition) is 2. The van der Waals surface area contributed by atoms with E-state index in [4.69, 9.17) is 0 Å². The maximum Gasteiger partial charge on any atom is 0.127 e. The highest BCUT2D eigenvalue weighted by Crippen LogP contribution is 2.14. The number of nitrogens with zero attached hydrogens (tertiary/aromatic N) is 1. The second-order valence-electron chi connectivity index (χ2n) is 5.31. The molecule has 0 aromatic heterocycles. The second kappa shape index (κ2) is 7.91. The summed E-state index contributed by atoms with van der Waals surface area (Å²) in [7, 11) is 0. The molecule has 0 saturated carbocycles. The Balaban J connectivity index is 2.10. The van der Waals surface area contributed by atoms with Crippen LogP contribution in [-0.2, 0) is 13.1 Å². The Bertz CT molecular complexity index is 544. The Kier molecular flexibility index (Phi) is 5.90. The number of aliphatic hydroxyl groups excluding tert-OH is 1. The Morgan fingerprint density at radius 3 is 2.33 bits per heavy atom. The van der Waals surface area contributed by atoms with Gasteiger partial charge >= 0.3 is 0 Å². The van der Waals surface area contributed by atoms with E-state index in [9.17, 15) is 9.50 Å². The summed E-state index contributed by atoms with van der Waals surface area (Å²) in [6.45, 7) is 3.69. The molecule has 112 valence electrons. The first-order valence-electron chi connectivity index (χ1n) is 7.36. The zero-order valence-corrected chi connectivity index (χ0v) is 12.4. The van der Waals surface area contributed by atoms with Crippen molar-refractivity contribution in [3.63, 3.8) is 0 Å². The summed E-state index contributed by atoms with van der Waals surface area (Å²) in [6.07, 6.45) is 0.309. The molecule has 0 radical (unpaired) electrons. The van der Waals surface area contributed by atoms with E-state index in [1.165, 1.54) is 6.07 Å². The number of aliphatic hydroxyl groups is 1. The quantitative estimate of drug-likeness (QED) is 0.841. The first kappa shape index (κ1) is 15.7. The largest absolute Gasteiger partial charge is 0.392 e. The van der Waals surface area contributed by atoms with E-state index in [0.717, 1.165) is 5.56 Å². The molecule has 2 aromatic carbocycles. The Labute approximate surface area is 125 Å². The van der Waals surface area contributed by atoms with Gasteiger partial charge in [0, 0.05) is 25.2 Å². The molecule has 0 bridgehead atoms. The summed E-state index contributed by atoms with van der Waals surface area (Å²) in [6, 6.07) is 16.9. The summed E-state index contributed by atoms with van der Waals surface area (Å²) in [5, 5.41) is 9.92. The average Bonchev–Trinajstić information content (AvgIpc) is 2.50. The third-order valence-electron chi connectivity index (χ3n) is 3.54. The molecule has 0 aliphatic rings. The summed E-state index contributed by atoms with van der Waals surface area (Å²) < 4.78 is 13.8. The molecular weight excluding hydrogens is 265 g/mol. The lowest BCUT2D eigenvalue weighted by Crippen LogP contribution is -2.31. The molecule has 1 N–H and O–H groups in total. The minimum atomic E-state index is -0.388. The monoisotopic (exact) mass is 287 g/mol. The Morgan fingerprint density at radius 1 is 1.00 bits per heavy atom. The molecule has 0 amide bonds. The van der Waals surface area contributed by atoms with Crippen LogP contribution in [0.1, 0.15) is 24.5 Å². The van der Waals surface area contributed by atoms with Crippen molar-refractivity contribution in [3.05, 3.63) is 71.5 Å². The molecular formula is C18H22FNO. The van der Waals surface area contributed by atoms with Crippen molar-refractivity contribution in [1.82, 2.24) is 4.90 Å². The van der Waals surface area contributed by atoms with E-state index in [2.05, 4.69) is 4.90 Å². The summed E-state index contributed by atoms with van der Waals surface area (Å²) in [4.78, 5) is 2.09. The predicted octanol–water partition coefficient (Wildman–Crippen LogP) is 3.60. The van der Waals surface area contributed by atoms with E-state index < -0.39 is 0 Å². The molecule has 2 aromatic rings. The summed E-state index contributed by atoms with van der Waals surface area (Å²) in [5.74, 6) is -0.193. The van der Waals surface area contributed by atoms with Crippen molar-refractivity contribution in [2.24, 2.45) is 0 Å². The molecule has 2 rings (SSSR count). The minimum absolute atomic E-state index is 0.193. The van der Waals surface area contributed by atoms with E-state index in [0.29, 0.717) is 31.6 Å². The van der Waals surface area contributed by atoms with Crippen LogP contribution in [0.25, 0.3) is 0 Å². The van der Waals surface area contributed by atoms with E-state index in [1.54, 1.807) is 12.1 Å². The maximum absolute atomic E-state index is 13.8. The smallest absolute Gasteiger partial charge is 0.127 e. The normalized spacial score (nSPS) is 12.6. The molecule has 0 aliphatic heterocycles. The van der Waals surface area contributed by atoms with Crippen LogP contribution < -0.4 is 0 Å². The minimum Gasteiger partial charge on any atom is -0.392 e. The SMILES string of the molecule is CCC(O)CN(Cc1ccccc1)Cc1ccccc1F. The van der Waals surface area contributed by atoms with Gasteiger partial charge in [-0.3, -0.25) is 4.90 Å². The van der Waals surface area contributed by atoms with Crippen molar-refractivity contribution in [3.8, 4) is 0 Å². The zero-order valence-electron chi connectivity index (χ0n) is 12.4. The fourth-order valence-corrected chi connectivity index (χ4v) is 2.32. The van der Waals surface area contributed by atoms with Gasteiger partial charge in [0.25, 0.3) is 0 Å². The van der Waals surface area contributed by atoms with Gasteiger partial charge in [0.1, 0.15) is 5.82 Å². The lowest BCUT2D eigenvalue weighted by molar-refractivity contribution is 0.101. The van der Waals surface area contributed by atoms with Crippen LogP contribution in [0.5, 0.6) is 0 Å². The maximum atomic E-state index is 13.8. The van der Waals surface area contributed by atoms with Crippen molar-refractivity contribution in [1.29, 1.82) is 0 Å². The van der Waals surface area contributed by atoms with Crippen molar-refractivity contribution >= 4 is 0 Å². The van der Waals surface area contributed by atoms with Gasteiger partial charge in [0.15, 0.2) is 0 Å².